The van der Waals surface area contributed by atoms with E-state index in [9.17, 15) is 9.46 Å². The van der Waals surface area contributed by atoms with Crippen LogP contribution >= 0.6 is 7.60 Å². The van der Waals surface area contributed by atoms with E-state index in [0.717, 1.165) is 38.5 Å². The first-order valence-electron chi connectivity index (χ1n) is 9.03. The van der Waals surface area contributed by atoms with Crippen LogP contribution in [0.25, 0.3) is 0 Å². The first-order valence-corrected chi connectivity index (χ1v) is 10.8. The molecule has 1 N–H and O–H groups in total. The Labute approximate surface area is 137 Å². The summed E-state index contributed by atoms with van der Waals surface area (Å²) < 4.78 is 22.7. The van der Waals surface area contributed by atoms with Crippen LogP contribution in [0.15, 0.2) is 0 Å². The molecule has 5 heteroatoms. The van der Waals surface area contributed by atoms with E-state index in [1.165, 1.54) is 12.8 Å². The zero-order valence-corrected chi connectivity index (χ0v) is 15.9. The van der Waals surface area contributed by atoms with Crippen LogP contribution in [0.3, 0.4) is 0 Å². The molecule has 0 spiro atoms. The highest BCUT2D eigenvalue weighted by molar-refractivity contribution is 7.52. The Kier molecular flexibility index (Phi) is 13.6. The van der Waals surface area contributed by atoms with Crippen LogP contribution in [0.2, 0.25) is 0 Å². The Morgan fingerprint density at radius 1 is 0.909 bits per heavy atom. The average molecular weight is 336 g/mol. The first kappa shape index (κ1) is 22.1. The van der Waals surface area contributed by atoms with Crippen molar-refractivity contribution in [3.8, 4) is 0 Å². The Morgan fingerprint density at radius 2 is 1.41 bits per heavy atom. The van der Waals surface area contributed by atoms with Crippen molar-refractivity contribution >= 4 is 7.60 Å². The maximum atomic E-state index is 12.0. The molecule has 0 fully saturated rings. The van der Waals surface area contributed by atoms with E-state index in [1.54, 1.807) is 0 Å². The summed E-state index contributed by atoms with van der Waals surface area (Å²) in [5.74, 6) is 0.848. The number of unbranched alkanes of at least 4 members (excludes halogenated alkanes) is 2. The van der Waals surface area contributed by atoms with Crippen LogP contribution in [0, 0.1) is 11.8 Å². The molecule has 0 aliphatic rings. The van der Waals surface area contributed by atoms with E-state index < -0.39 is 7.60 Å². The van der Waals surface area contributed by atoms with Crippen molar-refractivity contribution in [3.05, 3.63) is 0 Å². The molecule has 0 aliphatic heterocycles. The summed E-state index contributed by atoms with van der Waals surface area (Å²) >= 11 is 0. The first-order chi connectivity index (χ1) is 10.5. The minimum Gasteiger partial charge on any atom is -0.369 e. The number of hydrogen-bond donors (Lipinski definition) is 1. The Morgan fingerprint density at radius 3 is 1.86 bits per heavy atom. The van der Waals surface area contributed by atoms with Gasteiger partial charge in [-0.25, -0.2) is 0 Å². The maximum Gasteiger partial charge on any atom is 0.353 e. The lowest BCUT2D eigenvalue weighted by Crippen LogP contribution is -2.12. The van der Waals surface area contributed by atoms with Gasteiger partial charge in [-0.1, -0.05) is 66.2 Å². The molecule has 4 nitrogen and oxygen atoms in total. The predicted octanol–water partition coefficient (Wildman–Crippen LogP) is 5.60. The largest absolute Gasteiger partial charge is 0.369 e. The summed E-state index contributed by atoms with van der Waals surface area (Å²) in [6, 6.07) is 0. The number of ether oxygens (including phenoxy) is 1. The SMILES string of the molecule is CCCCC(CC)COCP(=O)(O)OCC(CC)CCCC. The minimum absolute atomic E-state index is 0.181. The van der Waals surface area contributed by atoms with Crippen molar-refractivity contribution in [1.82, 2.24) is 0 Å². The third-order valence-electron chi connectivity index (χ3n) is 4.21. The summed E-state index contributed by atoms with van der Waals surface area (Å²) in [6.45, 7) is 9.48. The second kappa shape index (κ2) is 13.5. The van der Waals surface area contributed by atoms with E-state index in [1.807, 2.05) is 0 Å². The molecule has 0 radical (unpaired) electrons. The molecule has 0 heterocycles. The molecule has 0 saturated carbocycles. The van der Waals surface area contributed by atoms with Crippen LogP contribution < -0.4 is 0 Å². The standard InChI is InChI=1S/C17H37O4P/c1-5-9-11-16(7-3)13-20-15-22(18,19)21-14-17(8-4)12-10-6-2/h16-17H,5-15H2,1-4H3,(H,18,19). The maximum absolute atomic E-state index is 12.0. The molecular formula is C17H37O4P. The van der Waals surface area contributed by atoms with Crippen LogP contribution in [-0.2, 0) is 13.8 Å². The summed E-state index contributed by atoms with van der Waals surface area (Å²) in [4.78, 5) is 9.85. The topological polar surface area (TPSA) is 55.8 Å². The normalized spacial score (nSPS) is 17.1. The molecular weight excluding hydrogens is 299 g/mol. The quantitative estimate of drug-likeness (QED) is 0.396. The lowest BCUT2D eigenvalue weighted by atomic mass is 10.0. The highest BCUT2D eigenvalue weighted by Gasteiger charge is 2.22. The van der Waals surface area contributed by atoms with Crippen LogP contribution in [0.1, 0.15) is 79.1 Å². The van der Waals surface area contributed by atoms with Gasteiger partial charge in [0.1, 0.15) is 6.35 Å². The molecule has 134 valence electrons. The monoisotopic (exact) mass is 336 g/mol. The van der Waals surface area contributed by atoms with Gasteiger partial charge in [0.2, 0.25) is 0 Å². The van der Waals surface area contributed by atoms with Gasteiger partial charge in [0, 0.05) is 0 Å². The fraction of sp³-hybridized carbons (Fsp3) is 1.00. The third-order valence-corrected chi connectivity index (χ3v) is 5.27. The van der Waals surface area contributed by atoms with E-state index in [4.69, 9.17) is 9.26 Å². The van der Waals surface area contributed by atoms with Gasteiger partial charge in [0.25, 0.3) is 0 Å². The highest BCUT2D eigenvalue weighted by atomic mass is 31.2. The Balaban J connectivity index is 3.99. The van der Waals surface area contributed by atoms with E-state index in [-0.39, 0.29) is 6.35 Å². The summed E-state index contributed by atoms with van der Waals surface area (Å²) in [5, 5.41) is 0. The van der Waals surface area contributed by atoms with Gasteiger partial charge in [-0.05, 0) is 24.7 Å². The molecule has 3 atom stereocenters. The zero-order chi connectivity index (χ0) is 16.8. The van der Waals surface area contributed by atoms with Crippen LogP contribution in [-0.4, -0.2) is 24.5 Å². The van der Waals surface area contributed by atoms with Gasteiger partial charge in [-0.3, -0.25) is 4.57 Å². The fourth-order valence-electron chi connectivity index (χ4n) is 2.39. The van der Waals surface area contributed by atoms with Crippen molar-refractivity contribution in [2.24, 2.45) is 11.8 Å². The molecule has 0 bridgehead atoms. The summed E-state index contributed by atoms with van der Waals surface area (Å²) in [6.07, 6.45) is 8.68. The van der Waals surface area contributed by atoms with Gasteiger partial charge in [0.15, 0.2) is 0 Å². The van der Waals surface area contributed by atoms with Gasteiger partial charge in [-0.2, -0.15) is 0 Å². The molecule has 0 rings (SSSR count). The smallest absolute Gasteiger partial charge is 0.353 e. The number of rotatable bonds is 15. The molecule has 0 aliphatic carbocycles. The van der Waals surface area contributed by atoms with Gasteiger partial charge >= 0.3 is 7.60 Å². The lowest BCUT2D eigenvalue weighted by molar-refractivity contribution is 0.103. The van der Waals surface area contributed by atoms with Gasteiger partial charge in [0.05, 0.1) is 13.2 Å². The second-order valence-corrected chi connectivity index (χ2v) is 8.06. The lowest BCUT2D eigenvalue weighted by Gasteiger charge is -2.19. The van der Waals surface area contributed by atoms with Gasteiger partial charge < -0.3 is 14.2 Å². The molecule has 3 unspecified atom stereocenters. The van der Waals surface area contributed by atoms with Crippen molar-refractivity contribution in [2.75, 3.05) is 19.6 Å². The van der Waals surface area contributed by atoms with Gasteiger partial charge in [-0.15, -0.1) is 0 Å². The summed E-state index contributed by atoms with van der Waals surface area (Å²) in [5.41, 5.74) is 0. The highest BCUT2D eigenvalue weighted by Crippen LogP contribution is 2.42. The number of hydrogen-bond acceptors (Lipinski definition) is 3. The van der Waals surface area contributed by atoms with E-state index >= 15 is 0 Å². The molecule has 0 saturated heterocycles. The second-order valence-electron chi connectivity index (χ2n) is 6.27. The van der Waals surface area contributed by atoms with Crippen molar-refractivity contribution in [1.29, 1.82) is 0 Å². The molecule has 0 aromatic heterocycles. The third kappa shape index (κ3) is 11.6. The molecule has 22 heavy (non-hydrogen) atoms. The van der Waals surface area contributed by atoms with E-state index in [2.05, 4.69) is 27.7 Å². The average Bonchev–Trinajstić information content (AvgIpc) is 2.50. The Hall–Kier alpha value is 0.110. The minimum atomic E-state index is -3.61. The predicted molar refractivity (Wildman–Crippen MR) is 93.2 cm³/mol. The van der Waals surface area contributed by atoms with Crippen molar-refractivity contribution < 1.29 is 18.7 Å². The molecule has 0 aromatic carbocycles. The fourth-order valence-corrected chi connectivity index (χ4v) is 3.24. The summed E-state index contributed by atoms with van der Waals surface area (Å²) in [7, 11) is -3.61. The van der Waals surface area contributed by atoms with Crippen molar-refractivity contribution in [2.45, 2.75) is 79.1 Å². The molecule has 0 aromatic rings. The van der Waals surface area contributed by atoms with E-state index in [0.29, 0.717) is 25.0 Å². The molecule has 0 amide bonds. The van der Waals surface area contributed by atoms with Crippen LogP contribution in [0.5, 0.6) is 0 Å². The zero-order valence-electron chi connectivity index (χ0n) is 15.1. The van der Waals surface area contributed by atoms with Crippen LogP contribution in [0.4, 0.5) is 0 Å². The van der Waals surface area contributed by atoms with Crippen molar-refractivity contribution in [3.63, 3.8) is 0 Å². The Bertz CT molecular complexity index is 296.